The summed E-state index contributed by atoms with van der Waals surface area (Å²) in [5, 5.41) is 28.3. The molecule has 3 aromatic rings. The summed E-state index contributed by atoms with van der Waals surface area (Å²) in [6.45, 7) is 0.849. The topological polar surface area (TPSA) is 189 Å². The summed E-state index contributed by atoms with van der Waals surface area (Å²) in [7, 11) is -2.99. The van der Waals surface area contributed by atoms with Gasteiger partial charge in [-0.2, -0.15) is 10.2 Å². The molecule has 1 aromatic carbocycles. The van der Waals surface area contributed by atoms with Crippen molar-refractivity contribution in [2.75, 3.05) is 32.7 Å². The van der Waals surface area contributed by atoms with Crippen LogP contribution in [-0.2, 0) is 28.1 Å². The van der Waals surface area contributed by atoms with Crippen LogP contribution in [0.5, 0.6) is 5.75 Å². The second kappa shape index (κ2) is 12.8. The van der Waals surface area contributed by atoms with Gasteiger partial charge in [-0.05, 0) is 38.1 Å². The van der Waals surface area contributed by atoms with E-state index in [4.69, 9.17) is 29.0 Å². The molecule has 0 aliphatic carbocycles. The molecule has 3 heterocycles. The molecule has 0 saturated carbocycles. The third-order valence-corrected chi connectivity index (χ3v) is 8.20. The molecule has 1 aliphatic rings. The van der Waals surface area contributed by atoms with Crippen molar-refractivity contribution in [1.29, 1.82) is 0 Å². The lowest BCUT2D eigenvalue weighted by atomic mass is 9.96. The highest BCUT2D eigenvalue weighted by atomic mass is 31.2. The molecular weight excluding hydrogens is 564 g/mol. The fraction of sp³-hybridized carbons (Fsp3) is 0.480. The van der Waals surface area contributed by atoms with Crippen LogP contribution in [0.25, 0.3) is 5.52 Å². The van der Waals surface area contributed by atoms with Gasteiger partial charge in [-0.3, -0.25) is 9.32 Å². The van der Waals surface area contributed by atoms with E-state index < -0.39 is 57.0 Å². The summed E-state index contributed by atoms with van der Waals surface area (Å²) in [6.07, 6.45) is -3.88. The number of aliphatic hydroxyl groups is 2. The van der Waals surface area contributed by atoms with Gasteiger partial charge in [0.2, 0.25) is 0 Å². The van der Waals surface area contributed by atoms with E-state index >= 15 is 0 Å². The second-order valence-electron chi connectivity index (χ2n) is 9.58. The summed E-state index contributed by atoms with van der Waals surface area (Å²) >= 11 is 0. The Bertz CT molecular complexity index is 1380. The van der Waals surface area contributed by atoms with Crippen molar-refractivity contribution in [1.82, 2.24) is 19.7 Å². The standard InChI is InChI=1S/C25H33FN5O9P/c1-15(36-3)11-37-24(34)16(2)30-41(35,40-17-7-5-4-6-8-17)38-13-25(12-26)22(33)20(32)21(39-25)18-9-10-19-23(27)28-14-29-31(18)19/h4-10,14-16,20-22,32-33H,11-13H2,1-3H3,(H,30,35)(H2,27,28,29)/t15-,16-,20-,21-,22-,25+,41-/m0/s1. The van der Waals surface area contributed by atoms with Gasteiger partial charge in [0.1, 0.15) is 60.8 Å². The predicted octanol–water partition coefficient (Wildman–Crippen LogP) is 1.57. The number of halogens is 1. The van der Waals surface area contributed by atoms with Crippen LogP contribution in [0, 0.1) is 0 Å². The maximum atomic E-state index is 14.6. The number of hydrogen-bond donors (Lipinski definition) is 4. The number of nitrogens with two attached hydrogens (primary N) is 1. The molecule has 2 aromatic heterocycles. The van der Waals surface area contributed by atoms with Crippen LogP contribution in [0.15, 0.2) is 48.8 Å². The maximum Gasteiger partial charge on any atom is 0.459 e. The fourth-order valence-electron chi connectivity index (χ4n) is 4.15. The average molecular weight is 598 g/mol. The van der Waals surface area contributed by atoms with Crippen LogP contribution in [0.2, 0.25) is 0 Å². The Kier molecular flexibility index (Phi) is 9.59. The first kappa shape index (κ1) is 30.8. The Morgan fingerprint density at radius 2 is 2.00 bits per heavy atom. The highest BCUT2D eigenvalue weighted by Gasteiger charge is 2.57. The number of fused-ring (bicyclic) bond motifs is 1. The number of benzene rings is 1. The van der Waals surface area contributed by atoms with E-state index in [-0.39, 0.29) is 30.0 Å². The van der Waals surface area contributed by atoms with E-state index in [2.05, 4.69) is 15.2 Å². The number of carbonyl (C=O) groups excluding carboxylic acids is 1. The number of rotatable bonds is 13. The fourth-order valence-corrected chi connectivity index (χ4v) is 5.70. The Hall–Kier alpha value is -3.17. The smallest absolute Gasteiger partial charge is 0.459 e. The van der Waals surface area contributed by atoms with Crippen molar-refractivity contribution in [3.8, 4) is 5.75 Å². The van der Waals surface area contributed by atoms with Gasteiger partial charge >= 0.3 is 13.7 Å². The number of para-hydroxylation sites is 1. The normalized spacial score (nSPS) is 25.5. The number of nitrogen functional groups attached to an aromatic ring is 1. The molecule has 0 bridgehead atoms. The number of ether oxygens (including phenoxy) is 3. The molecule has 4 rings (SSSR count). The molecule has 16 heteroatoms. The number of alkyl halides is 1. The van der Waals surface area contributed by atoms with Crippen LogP contribution < -0.4 is 15.3 Å². The summed E-state index contributed by atoms with van der Waals surface area (Å²) < 4.78 is 57.1. The zero-order chi connectivity index (χ0) is 29.8. The number of methoxy groups -OCH3 is 1. The lowest BCUT2D eigenvalue weighted by Crippen LogP contribution is -2.49. The highest BCUT2D eigenvalue weighted by Crippen LogP contribution is 2.48. The molecule has 0 spiro atoms. The third-order valence-electron chi connectivity index (χ3n) is 6.58. The van der Waals surface area contributed by atoms with Crippen molar-refractivity contribution in [2.24, 2.45) is 0 Å². The van der Waals surface area contributed by atoms with E-state index in [0.29, 0.717) is 5.52 Å². The number of hydrogen-bond acceptors (Lipinski definition) is 12. The molecule has 7 atom stereocenters. The highest BCUT2D eigenvalue weighted by molar-refractivity contribution is 7.52. The van der Waals surface area contributed by atoms with Crippen molar-refractivity contribution < 1.29 is 47.2 Å². The van der Waals surface area contributed by atoms with Gasteiger partial charge in [-0.15, -0.1) is 0 Å². The molecule has 0 unspecified atom stereocenters. The predicted molar refractivity (Wildman–Crippen MR) is 143 cm³/mol. The number of esters is 1. The van der Waals surface area contributed by atoms with E-state index in [1.807, 2.05) is 0 Å². The van der Waals surface area contributed by atoms with Crippen LogP contribution in [0.3, 0.4) is 0 Å². The largest absolute Gasteiger partial charge is 0.462 e. The van der Waals surface area contributed by atoms with Crippen molar-refractivity contribution >= 4 is 25.1 Å². The van der Waals surface area contributed by atoms with Gasteiger partial charge in [-0.1, -0.05) is 18.2 Å². The lowest BCUT2D eigenvalue weighted by Gasteiger charge is -2.31. The van der Waals surface area contributed by atoms with Crippen LogP contribution >= 0.6 is 7.75 Å². The number of aromatic nitrogens is 3. The lowest BCUT2D eigenvalue weighted by molar-refractivity contribution is -0.148. The van der Waals surface area contributed by atoms with Gasteiger partial charge in [0.05, 0.1) is 18.4 Å². The van der Waals surface area contributed by atoms with E-state index in [0.717, 1.165) is 0 Å². The number of aliphatic hydroxyl groups excluding tert-OH is 2. The minimum atomic E-state index is -4.45. The first-order valence-electron chi connectivity index (χ1n) is 12.7. The van der Waals surface area contributed by atoms with Crippen molar-refractivity contribution in [3.63, 3.8) is 0 Å². The van der Waals surface area contributed by atoms with Gasteiger partial charge in [-0.25, -0.2) is 18.5 Å². The van der Waals surface area contributed by atoms with E-state index in [9.17, 15) is 24.0 Å². The third kappa shape index (κ3) is 6.67. The average Bonchev–Trinajstić information content (AvgIpc) is 3.51. The van der Waals surface area contributed by atoms with Gasteiger partial charge in [0, 0.05) is 7.11 Å². The quantitative estimate of drug-likeness (QED) is 0.164. The van der Waals surface area contributed by atoms with Gasteiger partial charge in [0.25, 0.3) is 0 Å². The number of anilines is 1. The maximum absolute atomic E-state index is 14.6. The molecule has 1 saturated heterocycles. The van der Waals surface area contributed by atoms with Crippen LogP contribution in [0.1, 0.15) is 25.6 Å². The molecule has 14 nitrogen and oxygen atoms in total. The zero-order valence-electron chi connectivity index (χ0n) is 22.6. The SMILES string of the molecule is CO[C@@H](C)COC(=O)[C@H](C)N[P@](=O)(OC[C@@]1(CF)O[C@@H](c2ccc3c(N)ncnn23)[C@H](O)[C@@H]1O)Oc1ccccc1. The summed E-state index contributed by atoms with van der Waals surface area (Å²) in [4.78, 5) is 16.4. The number of nitrogens with zero attached hydrogens (tertiary/aromatic N) is 3. The van der Waals surface area contributed by atoms with Crippen LogP contribution in [0.4, 0.5) is 10.2 Å². The van der Waals surface area contributed by atoms with Crippen molar-refractivity contribution in [2.45, 2.75) is 49.9 Å². The Balaban J connectivity index is 1.55. The Labute approximate surface area is 235 Å². The molecule has 41 heavy (non-hydrogen) atoms. The molecule has 224 valence electrons. The molecule has 5 N–H and O–H groups in total. The van der Waals surface area contributed by atoms with E-state index in [1.54, 1.807) is 37.3 Å². The van der Waals surface area contributed by atoms with Crippen molar-refractivity contribution in [3.05, 3.63) is 54.5 Å². The van der Waals surface area contributed by atoms with Gasteiger partial charge in [0.15, 0.2) is 5.82 Å². The first-order valence-corrected chi connectivity index (χ1v) is 14.2. The minimum absolute atomic E-state index is 0.0543. The summed E-state index contributed by atoms with van der Waals surface area (Å²) in [6, 6.07) is 9.87. The molecule has 0 radical (unpaired) electrons. The van der Waals surface area contributed by atoms with Crippen LogP contribution in [-0.4, -0.2) is 87.7 Å². The minimum Gasteiger partial charge on any atom is -0.462 e. The Morgan fingerprint density at radius 3 is 2.68 bits per heavy atom. The molecular formula is C25H33FN5O9P. The molecule has 0 amide bonds. The van der Waals surface area contributed by atoms with Gasteiger partial charge < -0.3 is 34.7 Å². The van der Waals surface area contributed by atoms with E-state index in [1.165, 1.54) is 37.0 Å². The summed E-state index contributed by atoms with van der Waals surface area (Å²) in [5.74, 6) is -0.494. The molecule has 1 aliphatic heterocycles. The summed E-state index contributed by atoms with van der Waals surface area (Å²) in [5.41, 5.74) is 4.38. The second-order valence-corrected chi connectivity index (χ2v) is 11.3. The first-order chi connectivity index (χ1) is 19.5. The Morgan fingerprint density at radius 1 is 1.27 bits per heavy atom. The number of nitrogens with one attached hydrogen (secondary N) is 1. The monoisotopic (exact) mass is 597 g/mol. The molecule has 1 fully saturated rings. The zero-order valence-corrected chi connectivity index (χ0v) is 23.5. The number of carbonyl (C=O) groups is 1.